The van der Waals surface area contributed by atoms with Crippen LogP contribution >= 0.6 is 12.8 Å². The van der Waals surface area contributed by atoms with Crippen molar-refractivity contribution in [3.63, 3.8) is 0 Å². The van der Waals surface area contributed by atoms with E-state index in [1.165, 1.54) is 11.3 Å². The van der Waals surface area contributed by atoms with Crippen molar-refractivity contribution in [1.82, 2.24) is 9.97 Å². The lowest BCUT2D eigenvalue weighted by molar-refractivity contribution is 0.122. The zero-order valence-electron chi connectivity index (χ0n) is 20.7. The van der Waals surface area contributed by atoms with Gasteiger partial charge in [-0.2, -0.15) is 4.98 Å². The summed E-state index contributed by atoms with van der Waals surface area (Å²) in [5, 5.41) is 11.0. The molecular weight excluding hydrogens is 444 g/mol. The SMILES string of the molecule is Cc1nc(Nc2ccc(N3CCOCC3)cc2)nc(Nc2cccc(C(C)(C)C)c2)c1C.NS. The van der Waals surface area contributed by atoms with Gasteiger partial charge in [0.05, 0.1) is 13.2 Å². The number of nitrogens with one attached hydrogen (secondary N) is 2. The van der Waals surface area contributed by atoms with Crippen LogP contribution in [0.2, 0.25) is 0 Å². The molecule has 7 nitrogen and oxygen atoms in total. The zero-order chi connectivity index (χ0) is 24.7. The maximum Gasteiger partial charge on any atom is 0.229 e. The van der Waals surface area contributed by atoms with E-state index in [1.54, 1.807) is 0 Å². The molecule has 4 N–H and O–H groups in total. The van der Waals surface area contributed by atoms with Gasteiger partial charge in [-0.1, -0.05) is 32.9 Å². The summed E-state index contributed by atoms with van der Waals surface area (Å²) in [4.78, 5) is 11.8. The van der Waals surface area contributed by atoms with Gasteiger partial charge in [0.2, 0.25) is 5.95 Å². The van der Waals surface area contributed by atoms with Crippen LogP contribution in [-0.2, 0) is 10.2 Å². The number of thiol groups is 1. The monoisotopic (exact) mass is 480 g/mol. The van der Waals surface area contributed by atoms with Gasteiger partial charge >= 0.3 is 0 Å². The number of benzene rings is 2. The fourth-order valence-corrected chi connectivity index (χ4v) is 3.71. The second kappa shape index (κ2) is 11.6. The lowest BCUT2D eigenvalue weighted by Gasteiger charge is -2.28. The molecule has 8 heteroatoms. The molecule has 0 aliphatic carbocycles. The van der Waals surface area contributed by atoms with Gasteiger partial charge in [0.1, 0.15) is 5.82 Å². The normalized spacial score (nSPS) is 13.7. The summed E-state index contributed by atoms with van der Waals surface area (Å²) in [5.41, 5.74) is 6.56. The summed E-state index contributed by atoms with van der Waals surface area (Å²) in [6, 6.07) is 16.9. The average molecular weight is 481 g/mol. The van der Waals surface area contributed by atoms with E-state index < -0.39 is 0 Å². The predicted molar refractivity (Wildman–Crippen MR) is 146 cm³/mol. The molecule has 1 aliphatic heterocycles. The van der Waals surface area contributed by atoms with E-state index >= 15 is 0 Å². The first kappa shape index (κ1) is 25.8. The second-order valence-electron chi connectivity index (χ2n) is 9.33. The number of aryl methyl sites for hydroxylation is 1. The summed E-state index contributed by atoms with van der Waals surface area (Å²) >= 11 is 3.03. The molecule has 0 saturated carbocycles. The summed E-state index contributed by atoms with van der Waals surface area (Å²) in [5.74, 6) is 1.40. The second-order valence-corrected chi connectivity index (χ2v) is 9.33. The largest absolute Gasteiger partial charge is 0.378 e. The molecule has 34 heavy (non-hydrogen) atoms. The summed E-state index contributed by atoms with van der Waals surface area (Å²) in [7, 11) is 0. The molecule has 3 aromatic rings. The average Bonchev–Trinajstić information content (AvgIpc) is 2.84. The molecule has 1 fully saturated rings. The minimum absolute atomic E-state index is 0.0917. The number of anilines is 5. The standard InChI is InChI=1S/C26H33N5O.H3NS/c1-18-19(2)27-25(29-21-9-11-23(12-10-21)31-13-15-32-16-14-31)30-24(18)28-22-8-6-7-20(17-22)26(3,4)5;1-2/h6-12,17H,13-16H2,1-5H3,(H2,27,28,29,30);2H,1H2. The predicted octanol–water partition coefficient (Wildman–Crippen LogP) is 5.50. The number of hydrogen-bond donors (Lipinski definition) is 4. The number of nitrogens with zero attached hydrogens (tertiary/aromatic N) is 3. The molecule has 0 amide bonds. The topological polar surface area (TPSA) is 88.3 Å². The first-order valence-corrected chi connectivity index (χ1v) is 12.0. The Kier molecular flexibility index (Phi) is 8.77. The molecule has 0 bridgehead atoms. The van der Waals surface area contributed by atoms with Crippen LogP contribution in [0.5, 0.6) is 0 Å². The minimum Gasteiger partial charge on any atom is -0.378 e. The Hall–Kier alpha value is -2.81. The zero-order valence-corrected chi connectivity index (χ0v) is 21.6. The van der Waals surface area contributed by atoms with Crippen molar-refractivity contribution < 1.29 is 4.74 Å². The minimum atomic E-state index is 0.0917. The van der Waals surface area contributed by atoms with Gasteiger partial charge in [-0.05, 0) is 61.2 Å². The van der Waals surface area contributed by atoms with E-state index in [-0.39, 0.29) is 5.41 Å². The van der Waals surface area contributed by atoms with E-state index in [1.807, 2.05) is 13.8 Å². The van der Waals surface area contributed by atoms with Crippen molar-refractivity contribution in [2.75, 3.05) is 41.8 Å². The summed E-state index contributed by atoms with van der Waals surface area (Å²) in [6.45, 7) is 14.1. The number of nitrogens with two attached hydrogens (primary N) is 1. The van der Waals surface area contributed by atoms with Crippen molar-refractivity contribution in [1.29, 1.82) is 0 Å². The van der Waals surface area contributed by atoms with E-state index in [4.69, 9.17) is 9.72 Å². The van der Waals surface area contributed by atoms with Gasteiger partial charge in [-0.25, -0.2) is 4.98 Å². The van der Waals surface area contributed by atoms with Crippen molar-refractivity contribution in [2.24, 2.45) is 5.14 Å². The highest BCUT2D eigenvalue weighted by Gasteiger charge is 2.15. The molecule has 182 valence electrons. The van der Waals surface area contributed by atoms with Crippen LogP contribution in [0.3, 0.4) is 0 Å². The maximum atomic E-state index is 5.45. The van der Waals surface area contributed by atoms with Crippen LogP contribution in [0.25, 0.3) is 0 Å². The van der Waals surface area contributed by atoms with Crippen molar-refractivity contribution in [3.8, 4) is 0 Å². The third kappa shape index (κ3) is 6.62. The molecule has 0 spiro atoms. The smallest absolute Gasteiger partial charge is 0.229 e. The van der Waals surface area contributed by atoms with Crippen molar-refractivity contribution in [2.45, 2.75) is 40.0 Å². The molecule has 0 atom stereocenters. The lowest BCUT2D eigenvalue weighted by Crippen LogP contribution is -2.36. The van der Waals surface area contributed by atoms with Crippen LogP contribution in [-0.4, -0.2) is 36.3 Å². The first-order chi connectivity index (χ1) is 16.3. The van der Waals surface area contributed by atoms with E-state index in [9.17, 15) is 0 Å². The molecule has 1 saturated heterocycles. The Balaban J connectivity index is 0.00000158. The fraction of sp³-hybridized carbons (Fsp3) is 0.385. The van der Waals surface area contributed by atoms with Crippen molar-refractivity contribution >= 4 is 41.6 Å². The molecule has 1 aliphatic rings. The van der Waals surface area contributed by atoms with Crippen LogP contribution in [0.1, 0.15) is 37.6 Å². The Morgan fingerprint density at radius 2 is 1.59 bits per heavy atom. The van der Waals surface area contributed by atoms with Crippen molar-refractivity contribution in [3.05, 3.63) is 65.4 Å². The van der Waals surface area contributed by atoms with Gasteiger partial charge in [-0.15, -0.1) is 12.8 Å². The fourth-order valence-electron chi connectivity index (χ4n) is 3.71. The molecular formula is C26H36N6OS. The van der Waals surface area contributed by atoms with Crippen LogP contribution < -0.4 is 20.7 Å². The molecule has 0 unspecified atom stereocenters. The highest BCUT2D eigenvalue weighted by Crippen LogP contribution is 2.28. The Labute approximate surface area is 208 Å². The summed E-state index contributed by atoms with van der Waals surface area (Å²) in [6.07, 6.45) is 0. The van der Waals surface area contributed by atoms with Gasteiger partial charge < -0.3 is 20.3 Å². The lowest BCUT2D eigenvalue weighted by atomic mass is 9.87. The molecule has 2 heterocycles. The molecule has 0 radical (unpaired) electrons. The quantitative estimate of drug-likeness (QED) is 0.358. The van der Waals surface area contributed by atoms with E-state index in [2.05, 4.69) is 108 Å². The molecule has 4 rings (SSSR count). The molecule has 2 aromatic carbocycles. The Bertz CT molecular complexity index is 1080. The Morgan fingerprint density at radius 3 is 2.24 bits per heavy atom. The third-order valence-electron chi connectivity index (χ3n) is 5.88. The number of morpholine rings is 1. The van der Waals surface area contributed by atoms with Crippen LogP contribution in [0.15, 0.2) is 48.5 Å². The number of ether oxygens (including phenoxy) is 1. The number of rotatable bonds is 5. The Morgan fingerprint density at radius 1 is 0.912 bits per heavy atom. The van der Waals surface area contributed by atoms with Gasteiger partial charge in [0.15, 0.2) is 0 Å². The van der Waals surface area contributed by atoms with Gasteiger partial charge in [-0.3, -0.25) is 5.14 Å². The summed E-state index contributed by atoms with van der Waals surface area (Å²) < 4.78 is 5.45. The van der Waals surface area contributed by atoms with E-state index in [0.717, 1.165) is 54.8 Å². The highest BCUT2D eigenvalue weighted by molar-refractivity contribution is 7.77. The van der Waals surface area contributed by atoms with Crippen LogP contribution in [0.4, 0.5) is 28.8 Å². The highest BCUT2D eigenvalue weighted by atomic mass is 32.1. The van der Waals surface area contributed by atoms with Gasteiger partial charge in [0.25, 0.3) is 0 Å². The molecule has 1 aromatic heterocycles. The van der Waals surface area contributed by atoms with E-state index in [0.29, 0.717) is 5.95 Å². The van der Waals surface area contributed by atoms with Gasteiger partial charge in [0, 0.05) is 41.4 Å². The number of aromatic nitrogens is 2. The number of hydrogen-bond acceptors (Lipinski definition) is 8. The third-order valence-corrected chi connectivity index (χ3v) is 5.88. The van der Waals surface area contributed by atoms with Crippen LogP contribution in [0, 0.1) is 13.8 Å². The first-order valence-electron chi connectivity index (χ1n) is 11.5. The maximum absolute atomic E-state index is 5.45.